The van der Waals surface area contributed by atoms with Crippen LogP contribution in [0.15, 0.2) is 58.0 Å². The second kappa shape index (κ2) is 7.63. The lowest BCUT2D eigenvalue weighted by molar-refractivity contribution is -0.132. The van der Waals surface area contributed by atoms with E-state index in [2.05, 4.69) is 15.0 Å². The van der Waals surface area contributed by atoms with E-state index in [-0.39, 0.29) is 18.3 Å². The van der Waals surface area contributed by atoms with Crippen molar-refractivity contribution >= 4 is 11.6 Å². The maximum Gasteiger partial charge on any atom is 0.437 e. The molecule has 1 aromatic carbocycles. The third-order valence-corrected chi connectivity index (χ3v) is 4.64. The van der Waals surface area contributed by atoms with Crippen LogP contribution in [0.4, 0.5) is 10.1 Å². The average Bonchev–Trinajstić information content (AvgIpc) is 3.09. The van der Waals surface area contributed by atoms with Gasteiger partial charge in [0.05, 0.1) is 0 Å². The van der Waals surface area contributed by atoms with Crippen LogP contribution in [-0.4, -0.2) is 51.8 Å². The Morgan fingerprint density at radius 3 is 2.39 bits per heavy atom. The van der Waals surface area contributed by atoms with Crippen molar-refractivity contribution < 1.29 is 13.6 Å². The molecule has 28 heavy (non-hydrogen) atoms. The molecule has 0 saturated carbocycles. The summed E-state index contributed by atoms with van der Waals surface area (Å²) in [4.78, 5) is 32.5. The molecule has 0 unspecified atom stereocenters. The van der Waals surface area contributed by atoms with Gasteiger partial charge in [0.15, 0.2) is 0 Å². The maximum absolute atomic E-state index is 13.0. The lowest BCUT2D eigenvalue weighted by Gasteiger charge is -2.36. The van der Waals surface area contributed by atoms with Crippen LogP contribution in [-0.2, 0) is 11.3 Å². The highest BCUT2D eigenvalue weighted by Gasteiger charge is 2.23. The molecule has 0 N–H and O–H groups in total. The largest absolute Gasteiger partial charge is 0.437 e. The van der Waals surface area contributed by atoms with Crippen molar-refractivity contribution in [2.24, 2.45) is 0 Å². The highest BCUT2D eigenvalue weighted by Crippen LogP contribution is 2.16. The highest BCUT2D eigenvalue weighted by molar-refractivity contribution is 5.76. The van der Waals surface area contributed by atoms with Gasteiger partial charge in [-0.15, -0.1) is 5.10 Å². The quantitative estimate of drug-likeness (QED) is 0.677. The van der Waals surface area contributed by atoms with Gasteiger partial charge in [-0.05, 0) is 36.4 Å². The molecule has 1 aliphatic rings. The molecule has 1 aliphatic heterocycles. The zero-order valence-corrected chi connectivity index (χ0v) is 15.0. The average molecular weight is 383 g/mol. The summed E-state index contributed by atoms with van der Waals surface area (Å²) in [6.07, 6.45) is 3.48. The minimum absolute atomic E-state index is 0.0558. The molecule has 1 saturated heterocycles. The van der Waals surface area contributed by atoms with Gasteiger partial charge in [0.2, 0.25) is 11.8 Å². The predicted octanol–water partition coefficient (Wildman–Crippen LogP) is 1.39. The van der Waals surface area contributed by atoms with Gasteiger partial charge < -0.3 is 14.2 Å². The zero-order chi connectivity index (χ0) is 19.5. The van der Waals surface area contributed by atoms with Crippen LogP contribution in [0.5, 0.6) is 0 Å². The van der Waals surface area contributed by atoms with Crippen LogP contribution in [0.1, 0.15) is 0 Å². The number of hydrogen-bond acceptors (Lipinski definition) is 6. The van der Waals surface area contributed by atoms with Gasteiger partial charge >= 0.3 is 5.76 Å². The summed E-state index contributed by atoms with van der Waals surface area (Å²) in [5.74, 6) is -1.26. The van der Waals surface area contributed by atoms with Crippen molar-refractivity contribution in [2.45, 2.75) is 6.54 Å². The first-order chi connectivity index (χ1) is 13.6. The maximum atomic E-state index is 13.0. The number of hydrogen-bond donors (Lipinski definition) is 0. The van der Waals surface area contributed by atoms with Crippen molar-refractivity contribution in [3.63, 3.8) is 0 Å². The smallest absolute Gasteiger partial charge is 0.388 e. The number of nitrogens with zero attached hydrogens (tertiary/aromatic N) is 5. The minimum atomic E-state index is -0.719. The second-order valence-electron chi connectivity index (χ2n) is 6.41. The van der Waals surface area contributed by atoms with E-state index >= 15 is 0 Å². The van der Waals surface area contributed by atoms with Gasteiger partial charge in [-0.2, -0.15) is 4.68 Å². The Hall–Kier alpha value is -3.49. The highest BCUT2D eigenvalue weighted by atomic mass is 19.1. The number of amides is 1. The topological polar surface area (TPSA) is 84.5 Å². The molecule has 1 fully saturated rings. The predicted molar refractivity (Wildman–Crippen MR) is 99.2 cm³/mol. The van der Waals surface area contributed by atoms with Crippen molar-refractivity contribution in [3.8, 4) is 11.5 Å². The molecule has 9 heteroatoms. The Balaban J connectivity index is 1.39. The Morgan fingerprint density at radius 2 is 1.71 bits per heavy atom. The monoisotopic (exact) mass is 383 g/mol. The summed E-state index contributed by atoms with van der Waals surface area (Å²) >= 11 is 0. The number of rotatable bonds is 4. The fraction of sp³-hybridized carbons (Fsp3) is 0.263. The van der Waals surface area contributed by atoms with E-state index < -0.39 is 11.6 Å². The third kappa shape index (κ3) is 3.78. The van der Waals surface area contributed by atoms with Crippen LogP contribution >= 0.6 is 0 Å². The van der Waals surface area contributed by atoms with Crippen LogP contribution < -0.4 is 10.7 Å². The van der Waals surface area contributed by atoms with Crippen molar-refractivity contribution in [1.82, 2.24) is 19.7 Å². The molecule has 8 nitrogen and oxygen atoms in total. The fourth-order valence-electron chi connectivity index (χ4n) is 3.11. The Labute approximate surface area is 159 Å². The molecule has 0 radical (unpaired) electrons. The van der Waals surface area contributed by atoms with Crippen molar-refractivity contribution in [3.05, 3.63) is 65.2 Å². The van der Waals surface area contributed by atoms with Crippen LogP contribution in [0.3, 0.4) is 0 Å². The van der Waals surface area contributed by atoms with E-state index in [4.69, 9.17) is 4.42 Å². The first-order valence-electron chi connectivity index (χ1n) is 8.87. The third-order valence-electron chi connectivity index (χ3n) is 4.64. The molecule has 1 amide bonds. The molecule has 0 spiro atoms. The SMILES string of the molecule is O=C(Cn1nc(-c2ccc(F)cc2)oc1=O)N1CCN(c2ccncc2)CC1. The lowest BCUT2D eigenvalue weighted by Crippen LogP contribution is -2.50. The molecule has 0 bridgehead atoms. The van der Waals surface area contributed by atoms with Gasteiger partial charge in [0.1, 0.15) is 12.4 Å². The number of carbonyl (C=O) groups is 1. The lowest BCUT2D eigenvalue weighted by atomic mass is 10.2. The van der Waals surface area contributed by atoms with Crippen LogP contribution in [0.25, 0.3) is 11.5 Å². The van der Waals surface area contributed by atoms with E-state index in [0.717, 1.165) is 10.4 Å². The first-order valence-corrected chi connectivity index (χ1v) is 8.87. The molecule has 3 aromatic rings. The van der Waals surface area contributed by atoms with Crippen LogP contribution in [0.2, 0.25) is 0 Å². The van der Waals surface area contributed by atoms with E-state index in [9.17, 15) is 14.0 Å². The van der Waals surface area contributed by atoms with Crippen LogP contribution in [0, 0.1) is 5.82 Å². The van der Waals surface area contributed by atoms with E-state index in [1.807, 2.05) is 12.1 Å². The summed E-state index contributed by atoms with van der Waals surface area (Å²) in [5.41, 5.74) is 1.54. The summed E-state index contributed by atoms with van der Waals surface area (Å²) in [5, 5.41) is 4.06. The van der Waals surface area contributed by atoms with Gasteiger partial charge in [-0.1, -0.05) is 0 Å². The van der Waals surface area contributed by atoms with Crippen molar-refractivity contribution in [1.29, 1.82) is 0 Å². The van der Waals surface area contributed by atoms with Crippen molar-refractivity contribution in [2.75, 3.05) is 31.1 Å². The number of piperazine rings is 1. The number of anilines is 1. The van der Waals surface area contributed by atoms with Gasteiger partial charge in [-0.3, -0.25) is 9.78 Å². The minimum Gasteiger partial charge on any atom is -0.388 e. The molecule has 0 aliphatic carbocycles. The molecule has 3 heterocycles. The van der Waals surface area contributed by atoms with E-state index in [0.29, 0.717) is 31.7 Å². The number of aromatic nitrogens is 3. The summed E-state index contributed by atoms with van der Waals surface area (Å²) < 4.78 is 19.1. The van der Waals surface area contributed by atoms with Gasteiger partial charge in [-0.25, -0.2) is 9.18 Å². The zero-order valence-electron chi connectivity index (χ0n) is 15.0. The molecule has 4 rings (SSSR count). The molecule has 144 valence electrons. The fourth-order valence-corrected chi connectivity index (χ4v) is 3.11. The number of benzene rings is 1. The van der Waals surface area contributed by atoms with Gasteiger partial charge in [0, 0.05) is 49.8 Å². The second-order valence-corrected chi connectivity index (χ2v) is 6.41. The molecular weight excluding hydrogens is 365 g/mol. The van der Waals surface area contributed by atoms with Gasteiger partial charge in [0.25, 0.3) is 0 Å². The Kier molecular flexibility index (Phi) is 4.88. The summed E-state index contributed by atoms with van der Waals surface area (Å²) in [7, 11) is 0. The number of halogens is 1. The number of carbonyl (C=O) groups excluding carboxylic acids is 1. The number of pyridine rings is 1. The molecular formula is C19H18FN5O3. The first kappa shape index (κ1) is 17.9. The van der Waals surface area contributed by atoms with E-state index in [1.54, 1.807) is 17.3 Å². The molecule has 2 aromatic heterocycles. The Morgan fingerprint density at radius 1 is 1.04 bits per heavy atom. The summed E-state index contributed by atoms with van der Waals surface area (Å²) in [6.45, 7) is 2.31. The summed E-state index contributed by atoms with van der Waals surface area (Å²) in [6, 6.07) is 9.30. The molecule has 0 atom stereocenters. The normalized spacial score (nSPS) is 14.3. The Bertz CT molecular complexity index is 1010. The standard InChI is InChI=1S/C19H18FN5O3/c20-15-3-1-14(2-4-15)18-22-25(19(27)28-18)13-17(26)24-11-9-23(10-12-24)16-5-7-21-8-6-16/h1-8H,9-13H2. The van der Waals surface area contributed by atoms with E-state index in [1.165, 1.54) is 24.3 Å².